The van der Waals surface area contributed by atoms with Crippen LogP contribution < -0.4 is 9.47 Å². The summed E-state index contributed by atoms with van der Waals surface area (Å²) in [5.41, 5.74) is 1.44. The quantitative estimate of drug-likeness (QED) is 0.272. The van der Waals surface area contributed by atoms with Crippen LogP contribution in [-0.2, 0) is 0 Å². The molecule has 0 saturated carbocycles. The monoisotopic (exact) mass is 440 g/mol. The smallest absolute Gasteiger partial charge is 0.128 e. The third-order valence-corrected chi connectivity index (χ3v) is 5.26. The van der Waals surface area contributed by atoms with Crippen LogP contribution in [0, 0.1) is 0 Å². The van der Waals surface area contributed by atoms with Gasteiger partial charge in [0, 0.05) is 48.8 Å². The number of rotatable bonds is 15. The molecule has 0 atom stereocenters. The number of nitrogens with zero attached hydrogens (tertiary/aromatic N) is 2. The van der Waals surface area contributed by atoms with Crippen LogP contribution in [0.5, 0.6) is 23.0 Å². The Labute approximate surface area is 191 Å². The first-order valence-corrected chi connectivity index (χ1v) is 11.4. The molecule has 2 aromatic carbocycles. The lowest BCUT2D eigenvalue weighted by atomic mass is 10.1. The van der Waals surface area contributed by atoms with Crippen LogP contribution in [0.3, 0.4) is 0 Å². The normalized spacial score (nSPS) is 11.4. The van der Waals surface area contributed by atoms with E-state index in [1.165, 1.54) is 38.5 Å². The molecule has 2 N–H and O–H groups in total. The zero-order valence-electron chi connectivity index (χ0n) is 19.3. The molecule has 2 aromatic rings. The average molecular weight is 441 g/mol. The van der Waals surface area contributed by atoms with Crippen LogP contribution in [0.4, 0.5) is 0 Å². The van der Waals surface area contributed by atoms with Gasteiger partial charge in [-0.15, -0.1) is 0 Å². The van der Waals surface area contributed by atoms with Crippen molar-refractivity contribution < 1.29 is 19.7 Å². The third kappa shape index (κ3) is 9.41. The number of phenolic OH excluding ortho intramolecular Hbond substituents is 2. The van der Waals surface area contributed by atoms with E-state index in [4.69, 9.17) is 9.47 Å². The molecule has 2 rings (SSSR count). The van der Waals surface area contributed by atoms with Crippen LogP contribution in [0.25, 0.3) is 0 Å². The molecule has 0 heterocycles. The summed E-state index contributed by atoms with van der Waals surface area (Å²) >= 11 is 0. The van der Waals surface area contributed by atoms with E-state index in [0.29, 0.717) is 11.5 Å². The molecule has 0 aliphatic heterocycles. The van der Waals surface area contributed by atoms with Gasteiger partial charge < -0.3 is 19.7 Å². The summed E-state index contributed by atoms with van der Waals surface area (Å²) in [6, 6.07) is 10.5. The topological polar surface area (TPSA) is 83.6 Å². The average Bonchev–Trinajstić information content (AvgIpc) is 2.80. The number of aliphatic imine (C=N–C) groups is 2. The fourth-order valence-electron chi connectivity index (χ4n) is 3.31. The minimum absolute atomic E-state index is 0.192. The van der Waals surface area contributed by atoms with Crippen LogP contribution in [-0.4, -0.2) is 50.0 Å². The van der Waals surface area contributed by atoms with Gasteiger partial charge in [-0.05, 0) is 37.1 Å². The maximum Gasteiger partial charge on any atom is 0.128 e. The minimum Gasteiger partial charge on any atom is -0.507 e. The Morgan fingerprint density at radius 3 is 1.34 bits per heavy atom. The van der Waals surface area contributed by atoms with E-state index >= 15 is 0 Å². The third-order valence-electron chi connectivity index (χ3n) is 5.26. The molecule has 6 heteroatoms. The van der Waals surface area contributed by atoms with Crippen molar-refractivity contribution in [2.75, 3.05) is 27.3 Å². The number of aromatic hydroxyl groups is 2. The number of ether oxygens (including phenoxy) is 2. The van der Waals surface area contributed by atoms with Crippen LogP contribution in [0.2, 0.25) is 0 Å². The molecule has 0 amide bonds. The Kier molecular flexibility index (Phi) is 11.7. The first kappa shape index (κ1) is 25.2. The predicted octanol–water partition coefficient (Wildman–Crippen LogP) is 5.77. The number of methoxy groups -OCH3 is 2. The fourth-order valence-corrected chi connectivity index (χ4v) is 3.31. The summed E-state index contributed by atoms with van der Waals surface area (Å²) in [7, 11) is 3.16. The zero-order chi connectivity index (χ0) is 23.0. The largest absolute Gasteiger partial charge is 0.507 e. The van der Waals surface area contributed by atoms with Gasteiger partial charge in [-0.3, -0.25) is 9.98 Å². The number of benzene rings is 2. The molecule has 0 unspecified atom stereocenters. The van der Waals surface area contributed by atoms with E-state index in [9.17, 15) is 10.2 Å². The van der Waals surface area contributed by atoms with Crippen LogP contribution in [0.1, 0.15) is 62.5 Å². The zero-order valence-corrected chi connectivity index (χ0v) is 19.3. The van der Waals surface area contributed by atoms with Crippen LogP contribution in [0.15, 0.2) is 46.4 Å². The highest BCUT2D eigenvalue weighted by atomic mass is 16.5. The van der Waals surface area contributed by atoms with E-state index < -0.39 is 0 Å². The Hall–Kier alpha value is -3.02. The van der Waals surface area contributed by atoms with Gasteiger partial charge in [0.1, 0.15) is 23.0 Å². The second-order valence-electron chi connectivity index (χ2n) is 7.75. The highest BCUT2D eigenvalue weighted by Crippen LogP contribution is 2.22. The van der Waals surface area contributed by atoms with Gasteiger partial charge in [-0.2, -0.15) is 0 Å². The van der Waals surface area contributed by atoms with Gasteiger partial charge in [0.2, 0.25) is 0 Å². The lowest BCUT2D eigenvalue weighted by Gasteiger charge is -2.03. The van der Waals surface area contributed by atoms with Crippen molar-refractivity contribution in [1.29, 1.82) is 0 Å². The SMILES string of the molecule is COc1ccc(C=NCCCCCCCCCCN=Cc2ccc(OC)cc2O)c(O)c1. The molecule has 32 heavy (non-hydrogen) atoms. The molecule has 0 bridgehead atoms. The number of hydrogen-bond acceptors (Lipinski definition) is 6. The summed E-state index contributed by atoms with van der Waals surface area (Å²) in [5.74, 6) is 1.66. The van der Waals surface area contributed by atoms with Crippen molar-refractivity contribution in [3.05, 3.63) is 47.5 Å². The van der Waals surface area contributed by atoms with E-state index in [-0.39, 0.29) is 11.5 Å². The molecule has 0 aliphatic rings. The van der Waals surface area contributed by atoms with Crippen molar-refractivity contribution in [3.8, 4) is 23.0 Å². The van der Waals surface area contributed by atoms with Crippen LogP contribution >= 0.6 is 0 Å². The minimum atomic E-state index is 0.192. The predicted molar refractivity (Wildman–Crippen MR) is 131 cm³/mol. The van der Waals surface area contributed by atoms with Gasteiger partial charge in [-0.1, -0.05) is 38.5 Å². The van der Waals surface area contributed by atoms with E-state index in [2.05, 4.69) is 9.98 Å². The molecule has 6 nitrogen and oxygen atoms in total. The van der Waals surface area contributed by atoms with E-state index in [1.807, 2.05) is 24.3 Å². The molecular weight excluding hydrogens is 404 g/mol. The first-order valence-electron chi connectivity index (χ1n) is 11.4. The molecular formula is C26H36N2O4. The summed E-state index contributed by atoms with van der Waals surface area (Å²) in [6.45, 7) is 1.57. The molecule has 0 radical (unpaired) electrons. The number of hydrogen-bond donors (Lipinski definition) is 2. The summed E-state index contributed by atoms with van der Waals surface area (Å²) < 4.78 is 10.2. The highest BCUT2D eigenvalue weighted by Gasteiger charge is 2.01. The van der Waals surface area contributed by atoms with Crippen molar-refractivity contribution in [1.82, 2.24) is 0 Å². The van der Waals surface area contributed by atoms with E-state index in [1.54, 1.807) is 38.8 Å². The number of phenols is 2. The number of unbranched alkanes of at least 4 members (excludes halogenated alkanes) is 7. The van der Waals surface area contributed by atoms with Gasteiger partial charge in [0.25, 0.3) is 0 Å². The standard InChI is InChI=1S/C26H36N2O4/c1-31-23-13-11-21(25(29)17-23)19-27-15-9-7-5-3-4-6-8-10-16-28-20-22-12-14-24(32-2)18-26(22)30/h11-14,17-20,29-30H,3-10,15-16H2,1-2H3. The second kappa shape index (κ2) is 14.9. The Morgan fingerprint density at radius 2 is 1.00 bits per heavy atom. The lowest BCUT2D eigenvalue weighted by Crippen LogP contribution is -1.89. The molecule has 0 fully saturated rings. The maximum atomic E-state index is 9.90. The Balaban J connectivity index is 1.45. The lowest BCUT2D eigenvalue weighted by molar-refractivity contribution is 0.407. The van der Waals surface area contributed by atoms with Crippen molar-refractivity contribution in [3.63, 3.8) is 0 Å². The fraction of sp³-hybridized carbons (Fsp3) is 0.462. The molecule has 0 aromatic heterocycles. The first-order chi connectivity index (χ1) is 15.6. The van der Waals surface area contributed by atoms with Gasteiger partial charge >= 0.3 is 0 Å². The highest BCUT2D eigenvalue weighted by molar-refractivity contribution is 5.84. The molecule has 174 valence electrons. The van der Waals surface area contributed by atoms with Crippen molar-refractivity contribution in [2.45, 2.75) is 51.4 Å². The molecule has 0 aliphatic carbocycles. The Morgan fingerprint density at radius 1 is 0.625 bits per heavy atom. The summed E-state index contributed by atoms with van der Waals surface area (Å²) in [6.07, 6.45) is 12.9. The van der Waals surface area contributed by atoms with Crippen molar-refractivity contribution >= 4 is 12.4 Å². The molecule has 0 spiro atoms. The van der Waals surface area contributed by atoms with Gasteiger partial charge in [-0.25, -0.2) is 0 Å². The maximum absolute atomic E-state index is 9.90. The molecule has 0 saturated heterocycles. The second-order valence-corrected chi connectivity index (χ2v) is 7.75. The van der Waals surface area contributed by atoms with E-state index in [0.717, 1.165) is 37.1 Å². The van der Waals surface area contributed by atoms with Gasteiger partial charge in [0.05, 0.1) is 14.2 Å². The van der Waals surface area contributed by atoms with Gasteiger partial charge in [0.15, 0.2) is 0 Å². The summed E-state index contributed by atoms with van der Waals surface area (Å²) in [4.78, 5) is 8.82. The van der Waals surface area contributed by atoms with Crippen molar-refractivity contribution in [2.24, 2.45) is 9.98 Å². The summed E-state index contributed by atoms with van der Waals surface area (Å²) in [5, 5.41) is 19.8. The Bertz CT molecular complexity index is 793.